The molecule has 2 amide bonds. The summed E-state index contributed by atoms with van der Waals surface area (Å²) in [5, 5.41) is 7.82. The van der Waals surface area contributed by atoms with Crippen molar-refractivity contribution in [2.75, 3.05) is 5.32 Å². The molecule has 0 radical (unpaired) electrons. The minimum absolute atomic E-state index is 0.141. The van der Waals surface area contributed by atoms with Gasteiger partial charge in [0.25, 0.3) is 5.91 Å². The molecule has 6 nitrogen and oxygen atoms in total. The average Bonchev–Trinajstić information content (AvgIpc) is 3.08. The van der Waals surface area contributed by atoms with Gasteiger partial charge in [-0.1, -0.05) is 60.7 Å². The van der Waals surface area contributed by atoms with Gasteiger partial charge in [0.15, 0.2) is 0 Å². The quantitative estimate of drug-likeness (QED) is 0.459. The molecule has 1 aliphatic rings. The smallest absolute Gasteiger partial charge is 0.272 e. The molecule has 0 spiro atoms. The first-order chi connectivity index (χ1) is 15.1. The molecule has 3 N–H and O–H groups in total. The SMILES string of the molecule is CC(C(=O)Nc1cc2c3c(c(-c4ccccc4)[nH]c3c1)C=NNC2=O)c1ccccc1. The third kappa shape index (κ3) is 3.38. The van der Waals surface area contributed by atoms with Crippen molar-refractivity contribution in [3.05, 3.63) is 89.5 Å². The maximum atomic E-state index is 12.9. The van der Waals surface area contributed by atoms with Crippen LogP contribution in [0.25, 0.3) is 22.2 Å². The summed E-state index contributed by atoms with van der Waals surface area (Å²) < 4.78 is 0. The molecule has 1 unspecified atom stereocenters. The molecule has 2 heterocycles. The van der Waals surface area contributed by atoms with Gasteiger partial charge in [0, 0.05) is 22.2 Å². The number of rotatable bonds is 4. The molecule has 1 aliphatic heterocycles. The number of aromatic nitrogens is 1. The van der Waals surface area contributed by atoms with E-state index in [9.17, 15) is 9.59 Å². The van der Waals surface area contributed by atoms with Crippen LogP contribution in [-0.2, 0) is 4.79 Å². The summed E-state index contributed by atoms with van der Waals surface area (Å²) in [6, 6.07) is 23.0. The third-order valence-corrected chi connectivity index (χ3v) is 5.56. The van der Waals surface area contributed by atoms with Crippen LogP contribution in [0.1, 0.15) is 34.3 Å². The number of hydrogen-bond donors (Lipinski definition) is 3. The van der Waals surface area contributed by atoms with Gasteiger partial charge in [-0.2, -0.15) is 5.10 Å². The number of hydrazone groups is 1. The lowest BCUT2D eigenvalue weighted by molar-refractivity contribution is -0.117. The maximum absolute atomic E-state index is 12.9. The fraction of sp³-hybridized carbons (Fsp3) is 0.0800. The molecule has 3 aromatic carbocycles. The van der Waals surface area contributed by atoms with Gasteiger partial charge in [-0.05, 0) is 30.2 Å². The molecule has 0 saturated carbocycles. The van der Waals surface area contributed by atoms with E-state index in [2.05, 4.69) is 20.8 Å². The van der Waals surface area contributed by atoms with E-state index in [1.165, 1.54) is 0 Å². The van der Waals surface area contributed by atoms with E-state index >= 15 is 0 Å². The van der Waals surface area contributed by atoms with Gasteiger partial charge in [-0.25, -0.2) is 5.43 Å². The topological polar surface area (TPSA) is 86.3 Å². The lowest BCUT2D eigenvalue weighted by Gasteiger charge is -2.13. The van der Waals surface area contributed by atoms with Crippen molar-refractivity contribution in [3.8, 4) is 11.3 Å². The highest BCUT2D eigenvalue weighted by Gasteiger charge is 2.23. The Morgan fingerprint density at radius 1 is 1.00 bits per heavy atom. The summed E-state index contributed by atoms with van der Waals surface area (Å²) in [5.74, 6) is -0.781. The monoisotopic (exact) mass is 408 g/mol. The Morgan fingerprint density at radius 3 is 2.45 bits per heavy atom. The van der Waals surface area contributed by atoms with E-state index in [1.54, 1.807) is 12.3 Å². The van der Waals surface area contributed by atoms with Crippen molar-refractivity contribution in [1.82, 2.24) is 10.4 Å². The lowest BCUT2D eigenvalue weighted by atomic mass is 9.99. The van der Waals surface area contributed by atoms with Crippen molar-refractivity contribution in [2.45, 2.75) is 12.8 Å². The van der Waals surface area contributed by atoms with Crippen LogP contribution >= 0.6 is 0 Å². The van der Waals surface area contributed by atoms with E-state index in [-0.39, 0.29) is 17.7 Å². The van der Waals surface area contributed by atoms with Gasteiger partial charge >= 0.3 is 0 Å². The van der Waals surface area contributed by atoms with Crippen molar-refractivity contribution in [3.63, 3.8) is 0 Å². The Bertz CT molecular complexity index is 1320. The van der Waals surface area contributed by atoms with Crippen LogP contribution < -0.4 is 10.7 Å². The first-order valence-electron chi connectivity index (χ1n) is 10.1. The second-order valence-corrected chi connectivity index (χ2v) is 7.55. The van der Waals surface area contributed by atoms with Crippen LogP contribution in [0.15, 0.2) is 77.9 Å². The van der Waals surface area contributed by atoms with Crippen LogP contribution in [0.3, 0.4) is 0 Å². The predicted octanol–water partition coefficient (Wildman–Crippen LogP) is 4.65. The molecule has 31 heavy (non-hydrogen) atoms. The number of H-pyrrole nitrogens is 1. The van der Waals surface area contributed by atoms with Gasteiger partial charge in [0.1, 0.15) is 0 Å². The Morgan fingerprint density at radius 2 is 1.71 bits per heavy atom. The minimum Gasteiger partial charge on any atom is -0.354 e. The molecule has 1 atom stereocenters. The molecule has 4 aromatic rings. The molecule has 5 rings (SSSR count). The fourth-order valence-corrected chi connectivity index (χ4v) is 3.93. The van der Waals surface area contributed by atoms with Crippen LogP contribution in [0.2, 0.25) is 0 Å². The molecule has 1 aromatic heterocycles. The number of nitrogens with one attached hydrogen (secondary N) is 3. The number of hydrogen-bond acceptors (Lipinski definition) is 3. The molecule has 0 aliphatic carbocycles. The maximum Gasteiger partial charge on any atom is 0.272 e. The second kappa shape index (κ2) is 7.57. The Labute approximate surface area is 179 Å². The number of carbonyl (C=O) groups excluding carboxylic acids is 2. The van der Waals surface area contributed by atoms with Crippen LogP contribution in [-0.4, -0.2) is 23.0 Å². The van der Waals surface area contributed by atoms with E-state index in [0.29, 0.717) is 11.3 Å². The van der Waals surface area contributed by atoms with Gasteiger partial charge in [0.2, 0.25) is 5.91 Å². The number of benzene rings is 3. The summed E-state index contributed by atoms with van der Waals surface area (Å²) in [7, 11) is 0. The van der Waals surface area contributed by atoms with Crippen molar-refractivity contribution in [2.24, 2.45) is 5.10 Å². The minimum atomic E-state index is -0.327. The van der Waals surface area contributed by atoms with E-state index in [4.69, 9.17) is 0 Å². The number of amides is 2. The van der Waals surface area contributed by atoms with Gasteiger partial charge in [0.05, 0.1) is 23.4 Å². The van der Waals surface area contributed by atoms with Gasteiger partial charge in [-0.15, -0.1) is 0 Å². The van der Waals surface area contributed by atoms with E-state index in [1.807, 2.05) is 73.7 Å². The highest BCUT2D eigenvalue weighted by atomic mass is 16.2. The molecular weight excluding hydrogens is 388 g/mol. The van der Waals surface area contributed by atoms with Crippen LogP contribution in [0.5, 0.6) is 0 Å². The van der Waals surface area contributed by atoms with Gasteiger partial charge < -0.3 is 10.3 Å². The molecular formula is C25H20N4O2. The van der Waals surface area contributed by atoms with Crippen molar-refractivity contribution < 1.29 is 9.59 Å². The zero-order valence-corrected chi connectivity index (χ0v) is 16.8. The first-order valence-corrected chi connectivity index (χ1v) is 10.1. The molecule has 0 bridgehead atoms. The summed E-state index contributed by atoms with van der Waals surface area (Å²) in [4.78, 5) is 29.0. The third-order valence-electron chi connectivity index (χ3n) is 5.56. The van der Waals surface area contributed by atoms with E-state index in [0.717, 1.165) is 33.3 Å². The second-order valence-electron chi connectivity index (χ2n) is 7.55. The summed E-state index contributed by atoms with van der Waals surface area (Å²) in [6.45, 7) is 1.86. The van der Waals surface area contributed by atoms with Crippen molar-refractivity contribution >= 4 is 34.6 Å². The highest BCUT2D eigenvalue weighted by molar-refractivity contribution is 6.18. The number of anilines is 1. The largest absolute Gasteiger partial charge is 0.354 e. The average molecular weight is 408 g/mol. The molecule has 0 saturated heterocycles. The Hall–Kier alpha value is -4.19. The first kappa shape index (κ1) is 18.8. The Balaban J connectivity index is 1.58. The number of carbonyl (C=O) groups is 2. The number of aromatic amines is 1. The summed E-state index contributed by atoms with van der Waals surface area (Å²) >= 11 is 0. The van der Waals surface area contributed by atoms with Crippen molar-refractivity contribution in [1.29, 1.82) is 0 Å². The van der Waals surface area contributed by atoms with Crippen LogP contribution in [0.4, 0.5) is 5.69 Å². The number of nitrogens with zero attached hydrogens (tertiary/aromatic N) is 1. The molecule has 152 valence electrons. The molecule has 0 fully saturated rings. The molecule has 6 heteroatoms. The summed E-state index contributed by atoms with van der Waals surface area (Å²) in [6.07, 6.45) is 1.66. The fourth-order valence-electron chi connectivity index (χ4n) is 3.93. The highest BCUT2D eigenvalue weighted by Crippen LogP contribution is 2.34. The van der Waals surface area contributed by atoms with E-state index < -0.39 is 0 Å². The zero-order chi connectivity index (χ0) is 21.4. The summed E-state index contributed by atoms with van der Waals surface area (Å²) in [5.41, 5.74) is 7.96. The Kier molecular flexibility index (Phi) is 4.59. The van der Waals surface area contributed by atoms with Gasteiger partial charge in [-0.3, -0.25) is 9.59 Å². The van der Waals surface area contributed by atoms with Crippen LogP contribution in [0, 0.1) is 0 Å². The zero-order valence-electron chi connectivity index (χ0n) is 16.8. The predicted molar refractivity (Wildman–Crippen MR) is 122 cm³/mol. The standard InChI is InChI=1S/C25H20N4O2/c1-15(16-8-4-2-5-9-16)24(30)27-18-12-19-22-20(14-26-29-25(19)31)23(28-21(22)13-18)17-10-6-3-7-11-17/h2-15,28H,1H3,(H,27,30)(H,29,31). The normalized spacial score (nSPS) is 13.5. The lowest BCUT2D eigenvalue weighted by Crippen LogP contribution is -2.20.